The molecule has 1 aromatic heterocycles. The summed E-state index contributed by atoms with van der Waals surface area (Å²) in [4.78, 5) is 28.9. The number of pyridine rings is 1. The SMILES string of the molecule is CC(=O)NC1C[C@@H](NC(=O)C(C)C2[C@H]3CC(Oc4ccnc5ccc(F)cc45)C[C@@H]23)C2CC1C2. The molecular formula is C27H32FN3O3. The minimum Gasteiger partial charge on any atom is -0.490 e. The van der Waals surface area contributed by atoms with Crippen LogP contribution >= 0.6 is 0 Å². The first-order chi connectivity index (χ1) is 16.4. The average Bonchev–Trinajstić information content (AvgIpc) is 3.26. The molecule has 2 aromatic rings. The summed E-state index contributed by atoms with van der Waals surface area (Å²) in [6.45, 7) is 3.63. The Hall–Kier alpha value is -2.70. The number of benzene rings is 1. The standard InChI is InChI=1S/C27H32FN3O3/c1-13(27(33)31-24-12-23(30-14(2)32)15-7-16(24)8-15)26-19-10-18(11-20(19)26)34-25-5-6-29-22-4-3-17(28)9-21(22)25/h3-6,9,13,15-16,18-20,23-24,26H,7-8,10-12H2,1-2H3,(H,30,32)(H,31,33)/t13?,15?,16?,18?,19-,20+,23?,24-,26?/m1/s1. The number of ether oxygens (including phenoxy) is 1. The lowest BCUT2D eigenvalue weighted by Gasteiger charge is -2.51. The maximum Gasteiger partial charge on any atom is 0.223 e. The number of aromatic nitrogens is 1. The molecule has 34 heavy (non-hydrogen) atoms. The number of halogens is 1. The van der Waals surface area contributed by atoms with Crippen LogP contribution in [0.3, 0.4) is 0 Å². The van der Waals surface area contributed by atoms with Crippen molar-refractivity contribution in [2.75, 3.05) is 0 Å². The van der Waals surface area contributed by atoms with Crippen molar-refractivity contribution in [3.63, 3.8) is 0 Å². The molecule has 7 atom stereocenters. The molecule has 7 rings (SSSR count). The Morgan fingerprint density at radius 2 is 1.74 bits per heavy atom. The lowest BCUT2D eigenvalue weighted by atomic mass is 9.60. The zero-order chi connectivity index (χ0) is 23.6. The highest BCUT2D eigenvalue weighted by Crippen LogP contribution is 2.61. The van der Waals surface area contributed by atoms with Gasteiger partial charge in [-0.25, -0.2) is 4.39 Å². The van der Waals surface area contributed by atoms with Crippen molar-refractivity contribution >= 4 is 22.7 Å². The van der Waals surface area contributed by atoms with E-state index in [0.717, 1.165) is 37.6 Å². The van der Waals surface area contributed by atoms with E-state index in [1.54, 1.807) is 19.2 Å². The largest absolute Gasteiger partial charge is 0.490 e. The van der Waals surface area contributed by atoms with Crippen molar-refractivity contribution in [1.29, 1.82) is 0 Å². The van der Waals surface area contributed by atoms with E-state index in [1.165, 1.54) is 12.1 Å². The van der Waals surface area contributed by atoms with Crippen LogP contribution in [0.25, 0.3) is 10.9 Å². The molecule has 5 fully saturated rings. The average molecular weight is 466 g/mol. The molecular weight excluding hydrogens is 433 g/mol. The van der Waals surface area contributed by atoms with Crippen LogP contribution in [-0.2, 0) is 9.59 Å². The van der Waals surface area contributed by atoms with E-state index in [2.05, 4.69) is 22.5 Å². The van der Waals surface area contributed by atoms with Crippen LogP contribution in [0, 0.1) is 41.3 Å². The first-order valence-electron chi connectivity index (χ1n) is 12.7. The normalized spacial score (nSPS) is 36.2. The molecule has 1 aromatic carbocycles. The minimum absolute atomic E-state index is 0.0104. The number of amides is 2. The van der Waals surface area contributed by atoms with Gasteiger partial charge in [-0.2, -0.15) is 0 Å². The summed E-state index contributed by atoms with van der Waals surface area (Å²) in [6, 6.07) is 6.74. The van der Waals surface area contributed by atoms with Crippen molar-refractivity contribution in [3.8, 4) is 5.75 Å². The molecule has 0 radical (unpaired) electrons. The highest BCUT2D eigenvalue weighted by atomic mass is 19.1. The second-order valence-corrected chi connectivity index (χ2v) is 11.0. The number of carbonyl (C=O) groups excluding carboxylic acids is 2. The molecule has 0 saturated heterocycles. The fourth-order valence-corrected chi connectivity index (χ4v) is 7.18. The Labute approximate surface area is 199 Å². The van der Waals surface area contributed by atoms with Crippen LogP contribution in [0.4, 0.5) is 4.39 Å². The Morgan fingerprint density at radius 3 is 2.44 bits per heavy atom. The minimum atomic E-state index is -0.293. The van der Waals surface area contributed by atoms with Gasteiger partial charge in [-0.3, -0.25) is 14.6 Å². The zero-order valence-corrected chi connectivity index (χ0v) is 19.7. The maximum absolute atomic E-state index is 13.7. The fourth-order valence-electron chi connectivity index (χ4n) is 7.18. The van der Waals surface area contributed by atoms with Crippen molar-refractivity contribution in [2.24, 2.45) is 35.5 Å². The third-order valence-electron chi connectivity index (χ3n) is 8.99. The number of hydrogen-bond donors (Lipinski definition) is 2. The molecule has 1 heterocycles. The molecule has 2 bridgehead atoms. The molecule has 4 unspecified atom stereocenters. The Morgan fingerprint density at radius 1 is 1.03 bits per heavy atom. The van der Waals surface area contributed by atoms with Crippen LogP contribution in [-0.4, -0.2) is 35.0 Å². The van der Waals surface area contributed by atoms with Gasteiger partial charge in [0.15, 0.2) is 0 Å². The fraction of sp³-hybridized carbons (Fsp3) is 0.593. The van der Waals surface area contributed by atoms with Gasteiger partial charge in [0.25, 0.3) is 0 Å². The van der Waals surface area contributed by atoms with Gasteiger partial charge in [0, 0.05) is 36.5 Å². The van der Waals surface area contributed by atoms with Gasteiger partial charge < -0.3 is 15.4 Å². The van der Waals surface area contributed by atoms with E-state index >= 15 is 0 Å². The number of carbonyl (C=O) groups is 2. The lowest BCUT2D eigenvalue weighted by molar-refractivity contribution is -0.128. The summed E-state index contributed by atoms with van der Waals surface area (Å²) in [5.41, 5.74) is 0.728. The van der Waals surface area contributed by atoms with Crippen LogP contribution in [0.5, 0.6) is 5.75 Å². The molecule has 7 heteroatoms. The van der Waals surface area contributed by atoms with E-state index in [9.17, 15) is 14.0 Å². The third-order valence-corrected chi connectivity index (χ3v) is 8.99. The molecule has 2 amide bonds. The number of fused-ring (bicyclic) bond motifs is 4. The molecule has 5 aliphatic rings. The van der Waals surface area contributed by atoms with Gasteiger partial charge in [0.2, 0.25) is 11.8 Å². The van der Waals surface area contributed by atoms with Crippen molar-refractivity contribution < 1.29 is 18.7 Å². The van der Waals surface area contributed by atoms with Crippen molar-refractivity contribution in [1.82, 2.24) is 15.6 Å². The number of nitrogens with zero attached hydrogens (tertiary/aromatic N) is 1. The molecule has 180 valence electrons. The van der Waals surface area contributed by atoms with Crippen LogP contribution in [0.15, 0.2) is 30.5 Å². The summed E-state index contributed by atoms with van der Waals surface area (Å²) in [7, 11) is 0. The molecule has 5 saturated carbocycles. The van der Waals surface area contributed by atoms with Crippen LogP contribution < -0.4 is 15.4 Å². The van der Waals surface area contributed by atoms with E-state index in [4.69, 9.17) is 4.74 Å². The van der Waals surface area contributed by atoms with Crippen LogP contribution in [0.2, 0.25) is 0 Å². The lowest BCUT2D eigenvalue weighted by Crippen LogP contribution is -2.60. The number of nitrogens with one attached hydrogen (secondary N) is 2. The summed E-state index contributed by atoms with van der Waals surface area (Å²) in [5.74, 6) is 3.13. The first kappa shape index (κ1) is 21.8. The number of rotatable bonds is 6. The molecule has 0 aliphatic heterocycles. The summed E-state index contributed by atoms with van der Waals surface area (Å²) in [6.07, 6.45) is 6.72. The second-order valence-electron chi connectivity index (χ2n) is 11.0. The number of hydrogen-bond acceptors (Lipinski definition) is 4. The van der Waals surface area contributed by atoms with E-state index in [-0.39, 0.29) is 41.7 Å². The quantitative estimate of drug-likeness (QED) is 0.680. The Kier molecular flexibility index (Phi) is 5.26. The molecule has 2 N–H and O–H groups in total. The first-order valence-corrected chi connectivity index (χ1v) is 12.7. The molecule has 5 aliphatic carbocycles. The van der Waals surface area contributed by atoms with Gasteiger partial charge in [0.05, 0.1) is 11.6 Å². The Balaban J connectivity index is 1.03. The monoisotopic (exact) mass is 465 g/mol. The second kappa shape index (κ2) is 8.21. The Bertz CT molecular complexity index is 1120. The highest BCUT2D eigenvalue weighted by Gasteiger charge is 2.60. The van der Waals surface area contributed by atoms with E-state index in [1.807, 2.05) is 6.07 Å². The highest BCUT2D eigenvalue weighted by molar-refractivity contribution is 5.84. The third kappa shape index (κ3) is 3.83. The smallest absolute Gasteiger partial charge is 0.223 e. The van der Waals surface area contributed by atoms with Crippen molar-refractivity contribution in [3.05, 3.63) is 36.3 Å². The molecule has 0 spiro atoms. The van der Waals surface area contributed by atoms with Gasteiger partial charge in [0.1, 0.15) is 11.6 Å². The van der Waals surface area contributed by atoms with Gasteiger partial charge in [-0.15, -0.1) is 0 Å². The van der Waals surface area contributed by atoms with Crippen molar-refractivity contribution in [2.45, 2.75) is 64.1 Å². The maximum atomic E-state index is 13.7. The van der Waals surface area contributed by atoms with Gasteiger partial charge in [-0.1, -0.05) is 6.92 Å². The predicted molar refractivity (Wildman–Crippen MR) is 125 cm³/mol. The summed E-state index contributed by atoms with van der Waals surface area (Å²) < 4.78 is 20.0. The van der Waals surface area contributed by atoms with Crippen LogP contribution in [0.1, 0.15) is 46.0 Å². The van der Waals surface area contributed by atoms with E-state index < -0.39 is 0 Å². The topological polar surface area (TPSA) is 80.3 Å². The summed E-state index contributed by atoms with van der Waals surface area (Å²) in [5, 5.41) is 7.12. The van der Waals surface area contributed by atoms with E-state index in [0.29, 0.717) is 40.7 Å². The molecule has 6 nitrogen and oxygen atoms in total. The van der Waals surface area contributed by atoms with Gasteiger partial charge >= 0.3 is 0 Å². The zero-order valence-electron chi connectivity index (χ0n) is 19.7. The summed E-state index contributed by atoms with van der Waals surface area (Å²) >= 11 is 0. The van der Waals surface area contributed by atoms with Gasteiger partial charge in [-0.05, 0) is 86.0 Å². The predicted octanol–water partition coefficient (Wildman–Crippen LogP) is 3.83.